The van der Waals surface area contributed by atoms with E-state index in [9.17, 15) is 14.9 Å². The van der Waals surface area contributed by atoms with Crippen molar-refractivity contribution in [3.05, 3.63) is 32.8 Å². The summed E-state index contributed by atoms with van der Waals surface area (Å²) in [7, 11) is 0. The van der Waals surface area contributed by atoms with Crippen molar-refractivity contribution >= 4 is 33.4 Å². The number of carbonyl (C=O) groups excluding carboxylic acids is 1. The molecular formula is C7H3BrN2O3. The lowest BCUT2D eigenvalue weighted by Gasteiger charge is -1.94. The zero-order valence-electron chi connectivity index (χ0n) is 6.23. The normalized spacial score (nSPS) is 9.00. The van der Waals surface area contributed by atoms with Gasteiger partial charge in [0.2, 0.25) is 6.08 Å². The average Bonchev–Trinajstić information content (AvgIpc) is 2.03. The minimum absolute atomic E-state index is 0.122. The molecule has 0 atom stereocenters. The molecule has 0 N–H and O–H groups in total. The summed E-state index contributed by atoms with van der Waals surface area (Å²) in [5, 5.41) is 10.4. The predicted molar refractivity (Wildman–Crippen MR) is 48.6 cm³/mol. The minimum Gasteiger partial charge on any atom is -0.258 e. The molecule has 1 rings (SSSR count). The van der Waals surface area contributed by atoms with E-state index in [2.05, 4.69) is 20.9 Å². The number of isocyanates is 1. The van der Waals surface area contributed by atoms with Crippen molar-refractivity contribution in [3.8, 4) is 0 Å². The summed E-state index contributed by atoms with van der Waals surface area (Å²) in [5.41, 5.74) is 0.0828. The zero-order valence-corrected chi connectivity index (χ0v) is 7.82. The van der Waals surface area contributed by atoms with E-state index >= 15 is 0 Å². The van der Waals surface area contributed by atoms with Crippen LogP contribution in [0.3, 0.4) is 0 Å². The van der Waals surface area contributed by atoms with Gasteiger partial charge >= 0.3 is 0 Å². The highest BCUT2D eigenvalue weighted by molar-refractivity contribution is 9.10. The maximum Gasteiger partial charge on any atom is 0.272 e. The van der Waals surface area contributed by atoms with E-state index in [-0.39, 0.29) is 11.4 Å². The number of hydrogen-bond donors (Lipinski definition) is 0. The molecular weight excluding hydrogens is 240 g/mol. The van der Waals surface area contributed by atoms with Gasteiger partial charge in [-0.1, -0.05) is 15.9 Å². The maximum absolute atomic E-state index is 10.4. The molecule has 66 valence electrons. The molecule has 0 aliphatic carbocycles. The van der Waals surface area contributed by atoms with Crippen molar-refractivity contribution in [2.45, 2.75) is 0 Å². The van der Waals surface area contributed by atoms with Crippen LogP contribution >= 0.6 is 15.9 Å². The quantitative estimate of drug-likeness (QED) is 0.346. The Morgan fingerprint density at radius 3 is 2.69 bits per heavy atom. The molecule has 0 saturated heterocycles. The minimum atomic E-state index is -0.561. The summed E-state index contributed by atoms with van der Waals surface area (Å²) in [5.74, 6) is 0. The summed E-state index contributed by atoms with van der Waals surface area (Å²) in [4.78, 5) is 23.0. The van der Waals surface area contributed by atoms with Crippen LogP contribution in [0.2, 0.25) is 0 Å². The first-order chi connectivity index (χ1) is 6.13. The summed E-state index contributed by atoms with van der Waals surface area (Å²) in [6.45, 7) is 0. The van der Waals surface area contributed by atoms with Crippen molar-refractivity contribution in [3.63, 3.8) is 0 Å². The fourth-order valence-corrected chi connectivity index (χ4v) is 1.25. The molecule has 13 heavy (non-hydrogen) atoms. The molecule has 0 unspecified atom stereocenters. The number of nitro groups is 1. The number of halogens is 1. The fourth-order valence-electron chi connectivity index (χ4n) is 0.782. The Hall–Kier alpha value is -1.52. The van der Waals surface area contributed by atoms with Gasteiger partial charge in [-0.15, -0.1) is 0 Å². The summed E-state index contributed by atoms with van der Waals surface area (Å²) >= 11 is 3.06. The van der Waals surface area contributed by atoms with Gasteiger partial charge in [0.05, 0.1) is 10.6 Å². The number of nitrogens with zero attached hydrogens (tertiary/aromatic N) is 2. The first-order valence-corrected chi connectivity index (χ1v) is 3.95. The predicted octanol–water partition coefficient (Wildman–Crippen LogP) is 2.32. The van der Waals surface area contributed by atoms with Crippen molar-refractivity contribution < 1.29 is 9.72 Å². The number of benzene rings is 1. The Kier molecular flexibility index (Phi) is 2.89. The van der Waals surface area contributed by atoms with Gasteiger partial charge in [-0.05, 0) is 6.07 Å². The van der Waals surface area contributed by atoms with Crippen LogP contribution in [0.5, 0.6) is 0 Å². The Bertz CT molecular complexity index is 378. The van der Waals surface area contributed by atoms with Gasteiger partial charge in [0.25, 0.3) is 5.69 Å². The van der Waals surface area contributed by atoms with Crippen LogP contribution in [-0.4, -0.2) is 11.0 Å². The van der Waals surface area contributed by atoms with Crippen molar-refractivity contribution in [1.82, 2.24) is 0 Å². The van der Waals surface area contributed by atoms with Crippen molar-refractivity contribution in [1.29, 1.82) is 0 Å². The van der Waals surface area contributed by atoms with Crippen LogP contribution in [0.4, 0.5) is 11.4 Å². The molecule has 1 aromatic carbocycles. The first kappa shape index (κ1) is 9.57. The van der Waals surface area contributed by atoms with E-state index in [1.807, 2.05) is 0 Å². The Morgan fingerprint density at radius 2 is 2.15 bits per heavy atom. The van der Waals surface area contributed by atoms with Crippen LogP contribution in [0.1, 0.15) is 0 Å². The molecule has 6 heteroatoms. The van der Waals surface area contributed by atoms with Gasteiger partial charge in [0, 0.05) is 16.6 Å². The summed E-state index contributed by atoms with van der Waals surface area (Å²) in [6.07, 6.45) is 1.31. The van der Waals surface area contributed by atoms with E-state index in [1.54, 1.807) is 0 Å². The molecule has 0 aliphatic rings. The van der Waals surface area contributed by atoms with Crippen LogP contribution in [0, 0.1) is 10.1 Å². The van der Waals surface area contributed by atoms with Gasteiger partial charge in [-0.25, -0.2) is 4.79 Å². The lowest BCUT2D eigenvalue weighted by molar-refractivity contribution is -0.384. The highest BCUT2D eigenvalue weighted by Crippen LogP contribution is 2.25. The smallest absolute Gasteiger partial charge is 0.258 e. The molecule has 0 spiro atoms. The van der Waals surface area contributed by atoms with Crippen LogP contribution in [0.15, 0.2) is 27.7 Å². The van der Waals surface area contributed by atoms with Gasteiger partial charge in [0.1, 0.15) is 0 Å². The lowest BCUT2D eigenvalue weighted by Crippen LogP contribution is -1.86. The van der Waals surface area contributed by atoms with Gasteiger partial charge in [0.15, 0.2) is 0 Å². The molecule has 0 bridgehead atoms. The highest BCUT2D eigenvalue weighted by Gasteiger charge is 2.07. The van der Waals surface area contributed by atoms with Gasteiger partial charge < -0.3 is 0 Å². The second-order valence-electron chi connectivity index (χ2n) is 2.13. The van der Waals surface area contributed by atoms with Crippen LogP contribution < -0.4 is 0 Å². The topological polar surface area (TPSA) is 72.6 Å². The lowest BCUT2D eigenvalue weighted by atomic mass is 10.3. The first-order valence-electron chi connectivity index (χ1n) is 3.16. The molecule has 0 aromatic heterocycles. The third-order valence-electron chi connectivity index (χ3n) is 1.25. The third kappa shape index (κ3) is 2.47. The number of hydrogen-bond acceptors (Lipinski definition) is 4. The van der Waals surface area contributed by atoms with E-state index in [1.165, 1.54) is 24.3 Å². The van der Waals surface area contributed by atoms with E-state index in [4.69, 9.17) is 0 Å². The monoisotopic (exact) mass is 242 g/mol. The fraction of sp³-hybridized carbons (Fsp3) is 0. The SMILES string of the molecule is O=C=Nc1cc(Br)cc([N+](=O)[O-])c1. The van der Waals surface area contributed by atoms with Gasteiger partial charge in [-0.3, -0.25) is 10.1 Å². The maximum atomic E-state index is 10.4. The number of aliphatic imine (C=N–C) groups is 1. The Morgan fingerprint density at radius 1 is 1.46 bits per heavy atom. The summed E-state index contributed by atoms with van der Waals surface area (Å²) in [6, 6.07) is 4.00. The molecule has 0 saturated carbocycles. The highest BCUT2D eigenvalue weighted by atomic mass is 79.9. The Balaban J connectivity index is 3.26. The standard InChI is InChI=1S/C7H3BrN2O3/c8-5-1-6(9-4-11)3-7(2-5)10(12)13/h1-3H. The van der Waals surface area contributed by atoms with Gasteiger partial charge in [-0.2, -0.15) is 4.99 Å². The summed E-state index contributed by atoms with van der Waals surface area (Å²) < 4.78 is 0.496. The van der Waals surface area contributed by atoms with E-state index < -0.39 is 4.92 Å². The molecule has 0 amide bonds. The number of non-ortho nitro benzene ring substituents is 1. The molecule has 1 aromatic rings. The molecule has 0 radical (unpaired) electrons. The van der Waals surface area contributed by atoms with Crippen molar-refractivity contribution in [2.24, 2.45) is 4.99 Å². The van der Waals surface area contributed by atoms with E-state index in [0.29, 0.717) is 4.47 Å². The second-order valence-corrected chi connectivity index (χ2v) is 3.04. The molecule has 5 nitrogen and oxygen atoms in total. The second kappa shape index (κ2) is 3.93. The zero-order chi connectivity index (χ0) is 9.84. The molecule has 0 heterocycles. The van der Waals surface area contributed by atoms with Crippen LogP contribution in [-0.2, 0) is 4.79 Å². The molecule has 0 fully saturated rings. The number of rotatable bonds is 2. The van der Waals surface area contributed by atoms with Crippen molar-refractivity contribution in [2.75, 3.05) is 0 Å². The largest absolute Gasteiger partial charge is 0.272 e. The van der Waals surface area contributed by atoms with E-state index in [0.717, 1.165) is 0 Å². The number of nitro benzene ring substituents is 1. The van der Waals surface area contributed by atoms with Crippen LogP contribution in [0.25, 0.3) is 0 Å². The third-order valence-corrected chi connectivity index (χ3v) is 1.71. The Labute approximate surface area is 81.4 Å². The molecule has 0 aliphatic heterocycles. The average molecular weight is 243 g/mol.